The van der Waals surface area contributed by atoms with Crippen LogP contribution in [0.25, 0.3) is 0 Å². The molecule has 0 aliphatic heterocycles. The predicted molar refractivity (Wildman–Crippen MR) is 85.2 cm³/mol. The van der Waals surface area contributed by atoms with Gasteiger partial charge < -0.3 is 10.8 Å². The van der Waals surface area contributed by atoms with E-state index in [2.05, 4.69) is 10.2 Å². The summed E-state index contributed by atoms with van der Waals surface area (Å²) in [6, 6.07) is -0.0742. The van der Waals surface area contributed by atoms with Crippen molar-refractivity contribution in [2.45, 2.75) is 68.4 Å². The van der Waals surface area contributed by atoms with Crippen molar-refractivity contribution < 1.29 is 5.11 Å². The fourth-order valence-corrected chi connectivity index (χ4v) is 4.68. The first kappa shape index (κ1) is 16.2. The second-order valence-corrected chi connectivity index (χ2v) is 8.22. The summed E-state index contributed by atoms with van der Waals surface area (Å²) in [6.45, 7) is 1.96. The Kier molecular flexibility index (Phi) is 6.74. The summed E-state index contributed by atoms with van der Waals surface area (Å²) in [4.78, 5) is 0. The summed E-state index contributed by atoms with van der Waals surface area (Å²) >= 11 is 3.27. The van der Waals surface area contributed by atoms with Crippen molar-refractivity contribution in [1.29, 1.82) is 0 Å². The number of aliphatic hydroxyl groups is 1. The summed E-state index contributed by atoms with van der Waals surface area (Å²) in [5, 5.41) is 19.2. The van der Waals surface area contributed by atoms with E-state index in [4.69, 9.17) is 5.73 Å². The number of nitrogens with two attached hydrogens (primary N) is 1. The maximum absolute atomic E-state index is 10.2. The Balaban J connectivity index is 1.64. The zero-order valence-electron chi connectivity index (χ0n) is 12.1. The van der Waals surface area contributed by atoms with Gasteiger partial charge >= 0.3 is 0 Å². The summed E-state index contributed by atoms with van der Waals surface area (Å²) < 4.78 is 0.982. The van der Waals surface area contributed by atoms with Crippen LogP contribution in [0.2, 0.25) is 0 Å². The van der Waals surface area contributed by atoms with Crippen molar-refractivity contribution in [2.75, 3.05) is 5.75 Å². The Bertz CT molecular complexity index is 394. The minimum absolute atomic E-state index is 0.0742. The molecular weight excluding hydrogens is 290 g/mol. The standard InChI is InChI=1S/C14H25N3OS2/c1-10-16-17-14(20-10)19-8-7-13(18)12(15)9-11-5-3-2-4-6-11/h11-13,18H,2-9,15H2,1H3/t12-,13-/m0/s1. The molecule has 1 aliphatic rings. The topological polar surface area (TPSA) is 72.0 Å². The highest BCUT2D eigenvalue weighted by atomic mass is 32.2. The fraction of sp³-hybridized carbons (Fsp3) is 0.857. The van der Waals surface area contributed by atoms with Crippen LogP contribution in [0.15, 0.2) is 4.34 Å². The number of hydrogen-bond donors (Lipinski definition) is 2. The van der Waals surface area contributed by atoms with Gasteiger partial charge in [0, 0.05) is 11.8 Å². The minimum Gasteiger partial charge on any atom is -0.391 e. The van der Waals surface area contributed by atoms with Crippen molar-refractivity contribution >= 4 is 23.1 Å². The predicted octanol–water partition coefficient (Wildman–Crippen LogP) is 2.99. The molecule has 1 aromatic rings. The van der Waals surface area contributed by atoms with Crippen LogP contribution in [-0.4, -0.2) is 33.2 Å². The van der Waals surface area contributed by atoms with E-state index < -0.39 is 6.10 Å². The quantitative estimate of drug-likeness (QED) is 0.757. The number of rotatable bonds is 7. The summed E-state index contributed by atoms with van der Waals surface area (Å²) in [5.74, 6) is 1.58. The van der Waals surface area contributed by atoms with Crippen molar-refractivity contribution in [3.8, 4) is 0 Å². The Morgan fingerprint density at radius 2 is 2.10 bits per heavy atom. The van der Waals surface area contributed by atoms with E-state index in [9.17, 15) is 5.11 Å². The maximum atomic E-state index is 10.2. The van der Waals surface area contributed by atoms with Gasteiger partial charge in [0.25, 0.3) is 0 Å². The van der Waals surface area contributed by atoms with Crippen LogP contribution >= 0.6 is 23.1 Å². The highest BCUT2D eigenvalue weighted by Crippen LogP contribution is 2.28. The number of aromatic nitrogens is 2. The van der Waals surface area contributed by atoms with Crippen molar-refractivity contribution in [1.82, 2.24) is 10.2 Å². The summed E-state index contributed by atoms with van der Waals surface area (Å²) in [7, 11) is 0. The normalized spacial score (nSPS) is 19.9. The molecule has 6 heteroatoms. The largest absolute Gasteiger partial charge is 0.391 e. The van der Waals surface area contributed by atoms with Gasteiger partial charge in [0.2, 0.25) is 0 Å². The molecular formula is C14H25N3OS2. The maximum Gasteiger partial charge on any atom is 0.174 e. The van der Waals surface area contributed by atoms with Crippen LogP contribution in [0.5, 0.6) is 0 Å². The SMILES string of the molecule is Cc1nnc(SCC[C@H](O)[C@@H](N)CC2CCCCC2)s1. The highest BCUT2D eigenvalue weighted by molar-refractivity contribution is 8.01. The highest BCUT2D eigenvalue weighted by Gasteiger charge is 2.21. The molecule has 0 aromatic carbocycles. The second kappa shape index (κ2) is 8.32. The van der Waals surface area contributed by atoms with Gasteiger partial charge in [-0.1, -0.05) is 55.2 Å². The Morgan fingerprint density at radius 3 is 2.75 bits per heavy atom. The van der Waals surface area contributed by atoms with E-state index in [1.165, 1.54) is 32.1 Å². The van der Waals surface area contributed by atoms with Gasteiger partial charge in [-0.25, -0.2) is 0 Å². The van der Waals surface area contributed by atoms with Gasteiger partial charge in [-0.05, 0) is 25.7 Å². The molecule has 1 aliphatic carbocycles. The number of nitrogens with zero attached hydrogens (tertiary/aromatic N) is 2. The molecule has 0 radical (unpaired) electrons. The molecule has 1 fully saturated rings. The zero-order chi connectivity index (χ0) is 14.4. The number of aliphatic hydroxyl groups excluding tert-OH is 1. The van der Waals surface area contributed by atoms with Crippen LogP contribution in [0.4, 0.5) is 0 Å². The van der Waals surface area contributed by atoms with Gasteiger partial charge in [0.05, 0.1) is 6.10 Å². The lowest BCUT2D eigenvalue weighted by Crippen LogP contribution is -2.37. The van der Waals surface area contributed by atoms with Gasteiger partial charge in [0.15, 0.2) is 4.34 Å². The molecule has 0 bridgehead atoms. The Morgan fingerprint density at radius 1 is 1.35 bits per heavy atom. The van der Waals surface area contributed by atoms with E-state index in [1.807, 2.05) is 6.92 Å². The van der Waals surface area contributed by atoms with Gasteiger partial charge in [0.1, 0.15) is 5.01 Å². The monoisotopic (exact) mass is 315 g/mol. The molecule has 0 saturated heterocycles. The average molecular weight is 316 g/mol. The zero-order valence-corrected chi connectivity index (χ0v) is 13.8. The molecule has 0 spiro atoms. The lowest BCUT2D eigenvalue weighted by molar-refractivity contribution is 0.124. The van der Waals surface area contributed by atoms with E-state index in [0.29, 0.717) is 0 Å². The van der Waals surface area contributed by atoms with Crippen molar-refractivity contribution in [3.63, 3.8) is 0 Å². The van der Waals surface area contributed by atoms with Crippen LogP contribution in [-0.2, 0) is 0 Å². The van der Waals surface area contributed by atoms with Crippen LogP contribution in [0, 0.1) is 12.8 Å². The molecule has 1 heterocycles. The van der Waals surface area contributed by atoms with Gasteiger partial charge in [-0.2, -0.15) is 0 Å². The molecule has 2 atom stereocenters. The van der Waals surface area contributed by atoms with E-state index >= 15 is 0 Å². The average Bonchev–Trinajstić information content (AvgIpc) is 2.85. The smallest absolute Gasteiger partial charge is 0.174 e. The summed E-state index contributed by atoms with van der Waals surface area (Å²) in [5.41, 5.74) is 6.15. The third-order valence-corrected chi connectivity index (χ3v) is 5.98. The summed E-state index contributed by atoms with van der Waals surface area (Å²) in [6.07, 6.45) is 7.93. The molecule has 1 aromatic heterocycles. The number of aryl methyl sites for hydroxylation is 1. The van der Waals surface area contributed by atoms with Gasteiger partial charge in [-0.15, -0.1) is 10.2 Å². The molecule has 20 heavy (non-hydrogen) atoms. The first-order valence-electron chi connectivity index (χ1n) is 7.51. The molecule has 0 amide bonds. The molecule has 0 unspecified atom stereocenters. The first-order chi connectivity index (χ1) is 9.65. The second-order valence-electron chi connectivity index (χ2n) is 5.70. The Labute approximate surface area is 129 Å². The van der Waals surface area contributed by atoms with Crippen molar-refractivity contribution in [2.24, 2.45) is 11.7 Å². The van der Waals surface area contributed by atoms with E-state index in [-0.39, 0.29) is 6.04 Å². The number of hydrogen-bond acceptors (Lipinski definition) is 6. The lowest BCUT2D eigenvalue weighted by atomic mass is 9.84. The van der Waals surface area contributed by atoms with Crippen molar-refractivity contribution in [3.05, 3.63) is 5.01 Å². The van der Waals surface area contributed by atoms with E-state index in [1.54, 1.807) is 23.1 Å². The molecule has 1 saturated carbocycles. The van der Waals surface area contributed by atoms with Gasteiger partial charge in [-0.3, -0.25) is 0 Å². The van der Waals surface area contributed by atoms with Crippen LogP contribution in [0.3, 0.4) is 0 Å². The lowest BCUT2D eigenvalue weighted by Gasteiger charge is -2.27. The minimum atomic E-state index is -0.390. The third kappa shape index (κ3) is 5.31. The van der Waals surface area contributed by atoms with E-state index in [0.717, 1.165) is 33.9 Å². The molecule has 3 N–H and O–H groups in total. The Hall–Kier alpha value is -0.170. The molecule has 114 valence electrons. The first-order valence-corrected chi connectivity index (χ1v) is 9.32. The van der Waals surface area contributed by atoms with Crippen LogP contribution < -0.4 is 5.73 Å². The van der Waals surface area contributed by atoms with Crippen LogP contribution in [0.1, 0.15) is 50.0 Å². The number of thioether (sulfide) groups is 1. The third-order valence-electron chi connectivity index (χ3n) is 3.97. The molecule has 2 rings (SSSR count). The fourth-order valence-electron chi connectivity index (χ4n) is 2.78. The molecule has 4 nitrogen and oxygen atoms in total.